The van der Waals surface area contributed by atoms with Crippen molar-refractivity contribution in [3.63, 3.8) is 0 Å². The van der Waals surface area contributed by atoms with Crippen molar-refractivity contribution in [2.24, 2.45) is 0 Å². The van der Waals surface area contributed by atoms with Crippen LogP contribution in [0.1, 0.15) is 36.0 Å². The molecule has 1 aromatic carbocycles. The van der Waals surface area contributed by atoms with Gasteiger partial charge in [0.25, 0.3) is 0 Å². The molecule has 0 radical (unpaired) electrons. The van der Waals surface area contributed by atoms with Crippen molar-refractivity contribution in [3.8, 4) is 0 Å². The number of ether oxygens (including phenoxy) is 1. The van der Waals surface area contributed by atoms with Gasteiger partial charge in [0.2, 0.25) is 0 Å². The number of nitrogens with one attached hydrogen (secondary N) is 1. The Morgan fingerprint density at radius 3 is 2.67 bits per heavy atom. The Balaban J connectivity index is 1.83. The minimum absolute atomic E-state index is 0.278. The van der Waals surface area contributed by atoms with Crippen molar-refractivity contribution in [1.29, 1.82) is 0 Å². The lowest BCUT2D eigenvalue weighted by atomic mass is 9.73. The fraction of sp³-hybridized carbons (Fsp3) is 0.625. The van der Waals surface area contributed by atoms with Crippen molar-refractivity contribution in [2.45, 2.75) is 44.6 Å². The molecule has 0 amide bonds. The predicted molar refractivity (Wildman–Crippen MR) is 74.1 cm³/mol. The molecule has 1 atom stereocenters. The fourth-order valence-electron chi connectivity index (χ4n) is 3.22. The van der Waals surface area contributed by atoms with Crippen molar-refractivity contribution >= 4 is 0 Å². The zero-order valence-electron chi connectivity index (χ0n) is 11.5. The zero-order valence-corrected chi connectivity index (χ0v) is 11.5. The van der Waals surface area contributed by atoms with Crippen molar-refractivity contribution in [3.05, 3.63) is 34.9 Å². The standard InChI is InChI=1S/C16H23NO/c1-12-5-6-14(8-13(12)2)16(10-18-11-16)9-15-4-3-7-17-15/h5-6,8,15,17H,3-4,7,9-11H2,1-2H3. The van der Waals surface area contributed by atoms with Crippen LogP contribution >= 0.6 is 0 Å². The molecule has 2 fully saturated rings. The SMILES string of the molecule is Cc1ccc(C2(CC3CCCN3)COC2)cc1C. The number of rotatable bonds is 3. The van der Waals surface area contributed by atoms with Gasteiger partial charge in [0, 0.05) is 11.5 Å². The molecule has 0 saturated carbocycles. The van der Waals surface area contributed by atoms with Gasteiger partial charge in [-0.25, -0.2) is 0 Å². The van der Waals surface area contributed by atoms with Crippen LogP contribution in [0.4, 0.5) is 0 Å². The first-order valence-corrected chi connectivity index (χ1v) is 7.08. The highest BCUT2D eigenvalue weighted by atomic mass is 16.5. The van der Waals surface area contributed by atoms with Crippen LogP contribution in [0, 0.1) is 13.8 Å². The van der Waals surface area contributed by atoms with Crippen LogP contribution in [0.3, 0.4) is 0 Å². The van der Waals surface area contributed by atoms with E-state index in [-0.39, 0.29) is 5.41 Å². The molecule has 0 bridgehead atoms. The van der Waals surface area contributed by atoms with Gasteiger partial charge in [-0.1, -0.05) is 18.2 Å². The van der Waals surface area contributed by atoms with Crippen molar-refractivity contribution in [1.82, 2.24) is 5.32 Å². The van der Waals surface area contributed by atoms with E-state index in [1.54, 1.807) is 0 Å². The Labute approximate surface area is 110 Å². The second-order valence-electron chi connectivity index (χ2n) is 6.07. The molecule has 2 heteroatoms. The molecule has 18 heavy (non-hydrogen) atoms. The molecule has 2 saturated heterocycles. The molecule has 2 aliphatic heterocycles. The molecule has 1 N–H and O–H groups in total. The first-order chi connectivity index (χ1) is 8.70. The van der Waals surface area contributed by atoms with Crippen LogP contribution in [0.15, 0.2) is 18.2 Å². The topological polar surface area (TPSA) is 21.3 Å². The maximum Gasteiger partial charge on any atom is 0.0586 e. The summed E-state index contributed by atoms with van der Waals surface area (Å²) in [5.41, 5.74) is 4.54. The average molecular weight is 245 g/mol. The summed E-state index contributed by atoms with van der Waals surface area (Å²) in [4.78, 5) is 0. The predicted octanol–water partition coefficient (Wildman–Crippen LogP) is 2.71. The van der Waals surface area contributed by atoms with Crippen LogP contribution in [-0.2, 0) is 10.2 Å². The van der Waals surface area contributed by atoms with E-state index in [1.165, 1.54) is 42.5 Å². The molecule has 0 spiro atoms. The Bertz CT molecular complexity index is 431. The van der Waals surface area contributed by atoms with Gasteiger partial charge in [-0.15, -0.1) is 0 Å². The molecular weight excluding hydrogens is 222 g/mol. The Hall–Kier alpha value is -0.860. The third-order valence-corrected chi connectivity index (χ3v) is 4.68. The zero-order chi connectivity index (χ0) is 12.6. The van der Waals surface area contributed by atoms with Gasteiger partial charge in [-0.05, 0) is 56.3 Å². The van der Waals surface area contributed by atoms with Gasteiger partial charge in [-0.2, -0.15) is 0 Å². The second kappa shape index (κ2) is 4.67. The quantitative estimate of drug-likeness (QED) is 0.884. The molecule has 2 heterocycles. The first kappa shape index (κ1) is 12.2. The van der Waals surface area contributed by atoms with Crippen LogP contribution in [-0.4, -0.2) is 25.8 Å². The number of aryl methyl sites for hydroxylation is 2. The first-order valence-electron chi connectivity index (χ1n) is 7.08. The third-order valence-electron chi connectivity index (χ3n) is 4.68. The molecular formula is C16H23NO. The van der Waals surface area contributed by atoms with Crippen LogP contribution in [0.5, 0.6) is 0 Å². The molecule has 1 unspecified atom stereocenters. The van der Waals surface area contributed by atoms with Crippen molar-refractivity contribution in [2.75, 3.05) is 19.8 Å². The van der Waals surface area contributed by atoms with Gasteiger partial charge in [0.1, 0.15) is 0 Å². The third kappa shape index (κ3) is 2.08. The Morgan fingerprint density at radius 2 is 2.11 bits per heavy atom. The summed E-state index contributed by atoms with van der Waals surface area (Å²) >= 11 is 0. The molecule has 1 aromatic rings. The summed E-state index contributed by atoms with van der Waals surface area (Å²) in [7, 11) is 0. The minimum Gasteiger partial charge on any atom is -0.379 e. The Morgan fingerprint density at radius 1 is 1.28 bits per heavy atom. The van der Waals surface area contributed by atoms with Crippen molar-refractivity contribution < 1.29 is 4.74 Å². The maximum absolute atomic E-state index is 5.55. The molecule has 3 rings (SSSR count). The summed E-state index contributed by atoms with van der Waals surface area (Å²) in [5.74, 6) is 0. The molecule has 98 valence electrons. The number of hydrogen-bond acceptors (Lipinski definition) is 2. The highest BCUT2D eigenvalue weighted by Gasteiger charge is 2.42. The highest BCUT2D eigenvalue weighted by Crippen LogP contribution is 2.38. The molecule has 0 aromatic heterocycles. The normalized spacial score (nSPS) is 26.0. The summed E-state index contributed by atoms with van der Waals surface area (Å²) in [6.07, 6.45) is 3.89. The van der Waals surface area contributed by atoms with E-state index in [0.717, 1.165) is 13.2 Å². The van der Waals surface area contributed by atoms with Gasteiger partial charge in [0.15, 0.2) is 0 Å². The highest BCUT2D eigenvalue weighted by molar-refractivity contribution is 5.36. The molecule has 2 nitrogen and oxygen atoms in total. The van der Waals surface area contributed by atoms with Gasteiger partial charge < -0.3 is 10.1 Å². The largest absolute Gasteiger partial charge is 0.379 e. The maximum atomic E-state index is 5.55. The molecule has 2 aliphatic rings. The van der Waals surface area contributed by atoms with Crippen LogP contribution in [0.2, 0.25) is 0 Å². The lowest BCUT2D eigenvalue weighted by molar-refractivity contribution is -0.0679. The minimum atomic E-state index is 0.278. The second-order valence-corrected chi connectivity index (χ2v) is 6.07. The summed E-state index contributed by atoms with van der Waals surface area (Å²) in [6.45, 7) is 7.37. The van der Waals surface area contributed by atoms with Gasteiger partial charge >= 0.3 is 0 Å². The number of hydrogen-bond donors (Lipinski definition) is 1. The Kier molecular flexibility index (Phi) is 3.16. The lowest BCUT2D eigenvalue weighted by Crippen LogP contribution is -2.50. The fourth-order valence-corrected chi connectivity index (χ4v) is 3.22. The smallest absolute Gasteiger partial charge is 0.0586 e. The molecule has 0 aliphatic carbocycles. The van der Waals surface area contributed by atoms with Gasteiger partial charge in [-0.3, -0.25) is 0 Å². The van der Waals surface area contributed by atoms with Crippen LogP contribution < -0.4 is 5.32 Å². The summed E-state index contributed by atoms with van der Waals surface area (Å²) in [5, 5.41) is 3.62. The summed E-state index contributed by atoms with van der Waals surface area (Å²) < 4.78 is 5.55. The van der Waals surface area contributed by atoms with E-state index >= 15 is 0 Å². The van der Waals surface area contributed by atoms with E-state index < -0.39 is 0 Å². The van der Waals surface area contributed by atoms with E-state index in [4.69, 9.17) is 4.74 Å². The summed E-state index contributed by atoms with van der Waals surface area (Å²) in [6, 6.07) is 7.62. The van der Waals surface area contributed by atoms with E-state index in [2.05, 4.69) is 37.4 Å². The van der Waals surface area contributed by atoms with Gasteiger partial charge in [0.05, 0.1) is 13.2 Å². The van der Waals surface area contributed by atoms with E-state index in [1.807, 2.05) is 0 Å². The number of benzene rings is 1. The monoisotopic (exact) mass is 245 g/mol. The average Bonchev–Trinajstić information content (AvgIpc) is 2.80. The van der Waals surface area contributed by atoms with E-state index in [0.29, 0.717) is 6.04 Å². The lowest BCUT2D eigenvalue weighted by Gasteiger charge is -2.44. The van der Waals surface area contributed by atoms with Crippen LogP contribution in [0.25, 0.3) is 0 Å². The van der Waals surface area contributed by atoms with E-state index in [9.17, 15) is 0 Å².